The number of benzene rings is 1. The van der Waals surface area contributed by atoms with Gasteiger partial charge in [-0.1, -0.05) is 19.9 Å². The van der Waals surface area contributed by atoms with Crippen LogP contribution in [0.2, 0.25) is 0 Å². The van der Waals surface area contributed by atoms with E-state index in [0.717, 1.165) is 5.69 Å². The number of nitrogens with zero attached hydrogens (tertiary/aromatic N) is 1. The number of aromatic amines is 1. The molecule has 0 spiro atoms. The number of carbonyl (C=O) groups excluding carboxylic acids is 2. The molecule has 0 aliphatic heterocycles. The molecule has 31 heavy (non-hydrogen) atoms. The maximum Gasteiger partial charge on any atom is 0.407 e. The summed E-state index contributed by atoms with van der Waals surface area (Å²) >= 11 is 0. The van der Waals surface area contributed by atoms with E-state index >= 15 is 0 Å². The molecule has 0 saturated heterocycles. The molecular formula is C20H29N5O5S. The van der Waals surface area contributed by atoms with Crippen molar-refractivity contribution < 1.29 is 22.7 Å². The van der Waals surface area contributed by atoms with Gasteiger partial charge in [0.25, 0.3) is 5.91 Å². The van der Waals surface area contributed by atoms with Crippen molar-refractivity contribution in [3.05, 3.63) is 41.7 Å². The molecule has 2 aromatic rings. The summed E-state index contributed by atoms with van der Waals surface area (Å²) in [6, 6.07) is 7.51. The molecule has 0 aliphatic rings. The molecule has 1 aromatic carbocycles. The summed E-state index contributed by atoms with van der Waals surface area (Å²) in [7, 11) is -3.84. The standard InChI is InChI=1S/C20H29N5O5S/c1-13(2)16-12-17(25-24-16)18(26)23-14-7-6-8-15(11-14)31(28,29)22-10-9-21-19(27)30-20(3,4)5/h6-8,11-13,22H,9-10H2,1-5H3,(H,21,27)(H,23,26)(H,24,25). The largest absolute Gasteiger partial charge is 0.444 e. The summed E-state index contributed by atoms with van der Waals surface area (Å²) in [4.78, 5) is 24.0. The maximum absolute atomic E-state index is 12.5. The molecule has 10 nitrogen and oxygen atoms in total. The monoisotopic (exact) mass is 451 g/mol. The fourth-order valence-electron chi connectivity index (χ4n) is 2.43. The highest BCUT2D eigenvalue weighted by molar-refractivity contribution is 7.89. The van der Waals surface area contributed by atoms with E-state index in [1.54, 1.807) is 32.9 Å². The van der Waals surface area contributed by atoms with Crippen LogP contribution >= 0.6 is 0 Å². The molecule has 0 atom stereocenters. The van der Waals surface area contributed by atoms with E-state index < -0.39 is 27.6 Å². The zero-order valence-electron chi connectivity index (χ0n) is 18.3. The Kier molecular flexibility index (Phi) is 7.80. The van der Waals surface area contributed by atoms with Gasteiger partial charge in [-0.3, -0.25) is 9.89 Å². The maximum atomic E-state index is 12.5. The first-order valence-electron chi connectivity index (χ1n) is 9.80. The van der Waals surface area contributed by atoms with Gasteiger partial charge in [0, 0.05) is 24.5 Å². The van der Waals surface area contributed by atoms with Gasteiger partial charge < -0.3 is 15.4 Å². The highest BCUT2D eigenvalue weighted by atomic mass is 32.2. The lowest BCUT2D eigenvalue weighted by Crippen LogP contribution is -2.37. The third-order valence-electron chi connectivity index (χ3n) is 3.94. The molecule has 0 saturated carbocycles. The van der Waals surface area contributed by atoms with Gasteiger partial charge in [0.15, 0.2) is 5.69 Å². The predicted octanol–water partition coefficient (Wildman–Crippen LogP) is 2.59. The number of H-pyrrole nitrogens is 1. The van der Waals surface area contributed by atoms with Crippen LogP contribution in [0.4, 0.5) is 10.5 Å². The number of anilines is 1. The van der Waals surface area contributed by atoms with Crippen LogP contribution in [0.3, 0.4) is 0 Å². The number of nitrogens with one attached hydrogen (secondary N) is 4. The van der Waals surface area contributed by atoms with Gasteiger partial charge in [0.2, 0.25) is 10.0 Å². The minimum atomic E-state index is -3.84. The van der Waals surface area contributed by atoms with E-state index in [0.29, 0.717) is 5.69 Å². The van der Waals surface area contributed by atoms with Gasteiger partial charge in [-0.2, -0.15) is 5.10 Å². The van der Waals surface area contributed by atoms with Crippen LogP contribution in [0.1, 0.15) is 56.7 Å². The van der Waals surface area contributed by atoms with E-state index in [1.807, 2.05) is 13.8 Å². The fourth-order valence-corrected chi connectivity index (χ4v) is 3.51. The van der Waals surface area contributed by atoms with Crippen LogP contribution in [0.5, 0.6) is 0 Å². The molecule has 2 rings (SSSR count). The number of hydrogen-bond donors (Lipinski definition) is 4. The zero-order valence-corrected chi connectivity index (χ0v) is 19.1. The Balaban J connectivity index is 1.94. The van der Waals surface area contributed by atoms with E-state index in [-0.39, 0.29) is 29.6 Å². The number of rotatable bonds is 8. The van der Waals surface area contributed by atoms with E-state index in [9.17, 15) is 18.0 Å². The average Bonchev–Trinajstić information content (AvgIpc) is 3.15. The molecule has 1 aromatic heterocycles. The summed E-state index contributed by atoms with van der Waals surface area (Å²) in [5.74, 6) is -0.259. The van der Waals surface area contributed by atoms with E-state index in [1.165, 1.54) is 18.2 Å². The van der Waals surface area contributed by atoms with Gasteiger partial charge in [0.1, 0.15) is 5.60 Å². The summed E-state index contributed by atoms with van der Waals surface area (Å²) in [5, 5.41) is 11.9. The van der Waals surface area contributed by atoms with Crippen LogP contribution in [0.15, 0.2) is 35.2 Å². The van der Waals surface area contributed by atoms with Gasteiger partial charge in [-0.15, -0.1) is 0 Å². The van der Waals surface area contributed by atoms with Crippen molar-refractivity contribution in [1.29, 1.82) is 0 Å². The summed E-state index contributed by atoms with van der Waals surface area (Å²) in [5.41, 5.74) is 0.712. The highest BCUT2D eigenvalue weighted by Gasteiger charge is 2.18. The third-order valence-corrected chi connectivity index (χ3v) is 5.40. The third kappa shape index (κ3) is 7.68. The first-order valence-corrected chi connectivity index (χ1v) is 11.3. The van der Waals surface area contributed by atoms with Crippen LogP contribution in [-0.4, -0.2) is 49.3 Å². The van der Waals surface area contributed by atoms with Gasteiger partial charge in [0.05, 0.1) is 4.90 Å². The Morgan fingerprint density at radius 1 is 1.16 bits per heavy atom. The van der Waals surface area contributed by atoms with Crippen molar-refractivity contribution in [3.8, 4) is 0 Å². The second-order valence-corrected chi connectivity index (χ2v) is 9.94. The zero-order chi connectivity index (χ0) is 23.2. The SMILES string of the molecule is CC(C)c1cc(C(=O)Nc2cccc(S(=O)(=O)NCCNC(=O)OC(C)(C)C)c2)n[nH]1. The highest BCUT2D eigenvalue weighted by Crippen LogP contribution is 2.17. The molecule has 0 fully saturated rings. The van der Waals surface area contributed by atoms with Crippen LogP contribution in [0, 0.1) is 0 Å². The van der Waals surface area contributed by atoms with Crippen molar-refractivity contribution in [2.75, 3.05) is 18.4 Å². The molecule has 170 valence electrons. The van der Waals surface area contributed by atoms with Crippen LogP contribution in [0.25, 0.3) is 0 Å². The quantitative estimate of drug-likeness (QED) is 0.454. The molecular weight excluding hydrogens is 422 g/mol. The topological polar surface area (TPSA) is 142 Å². The van der Waals surface area contributed by atoms with E-state index in [4.69, 9.17) is 4.74 Å². The first kappa shape index (κ1) is 24.4. The number of sulfonamides is 1. The molecule has 4 N–H and O–H groups in total. The Labute approximate surface area is 182 Å². The van der Waals surface area contributed by atoms with Crippen molar-refractivity contribution in [1.82, 2.24) is 20.2 Å². The van der Waals surface area contributed by atoms with Gasteiger partial charge >= 0.3 is 6.09 Å². The number of amides is 2. The summed E-state index contributed by atoms with van der Waals surface area (Å²) in [6.45, 7) is 9.17. The van der Waals surface area contributed by atoms with Crippen molar-refractivity contribution in [2.45, 2.75) is 51.0 Å². The Morgan fingerprint density at radius 2 is 1.87 bits per heavy atom. The van der Waals surface area contributed by atoms with Crippen molar-refractivity contribution in [2.24, 2.45) is 0 Å². The molecule has 0 radical (unpaired) electrons. The number of ether oxygens (including phenoxy) is 1. The summed E-state index contributed by atoms with van der Waals surface area (Å²) < 4.78 is 32.5. The number of alkyl carbamates (subject to hydrolysis) is 1. The number of aromatic nitrogens is 2. The van der Waals surface area contributed by atoms with Crippen LogP contribution < -0.4 is 15.4 Å². The molecule has 0 aliphatic carbocycles. The second-order valence-electron chi connectivity index (χ2n) is 8.17. The molecule has 1 heterocycles. The predicted molar refractivity (Wildman–Crippen MR) is 116 cm³/mol. The Morgan fingerprint density at radius 3 is 2.48 bits per heavy atom. The first-order chi connectivity index (χ1) is 14.4. The lowest BCUT2D eigenvalue weighted by Gasteiger charge is -2.19. The van der Waals surface area contributed by atoms with E-state index in [2.05, 4.69) is 25.6 Å². The molecule has 11 heteroatoms. The Hall–Kier alpha value is -2.92. The molecule has 2 amide bonds. The van der Waals surface area contributed by atoms with Crippen LogP contribution in [-0.2, 0) is 14.8 Å². The van der Waals surface area contributed by atoms with Gasteiger partial charge in [-0.05, 0) is 51.0 Å². The lowest BCUT2D eigenvalue weighted by atomic mass is 10.1. The van der Waals surface area contributed by atoms with Gasteiger partial charge in [-0.25, -0.2) is 17.9 Å². The van der Waals surface area contributed by atoms with Crippen molar-refractivity contribution in [3.63, 3.8) is 0 Å². The Bertz CT molecular complexity index is 1020. The summed E-state index contributed by atoms with van der Waals surface area (Å²) in [6.07, 6.45) is -0.629. The second kappa shape index (κ2) is 9.92. The lowest BCUT2D eigenvalue weighted by molar-refractivity contribution is 0.0528. The van der Waals surface area contributed by atoms with Crippen molar-refractivity contribution >= 4 is 27.7 Å². The average molecular weight is 452 g/mol. The fraction of sp³-hybridized carbons (Fsp3) is 0.450. The minimum absolute atomic E-state index is 0.0209. The minimum Gasteiger partial charge on any atom is -0.444 e. The smallest absolute Gasteiger partial charge is 0.407 e. The molecule has 0 unspecified atom stereocenters. The normalized spacial score (nSPS) is 11.9. The number of carbonyl (C=O) groups is 2. The molecule has 0 bridgehead atoms. The number of hydrogen-bond acceptors (Lipinski definition) is 6.